The Balaban J connectivity index is 1.76. The molecule has 0 saturated heterocycles. The van der Waals surface area contributed by atoms with E-state index in [1.165, 1.54) is 0 Å². The summed E-state index contributed by atoms with van der Waals surface area (Å²) in [6.45, 7) is 1.93. The number of phenols is 1. The van der Waals surface area contributed by atoms with Gasteiger partial charge in [0.05, 0.1) is 16.4 Å². The lowest BCUT2D eigenvalue weighted by molar-refractivity contribution is 0.0950. The summed E-state index contributed by atoms with van der Waals surface area (Å²) in [4.78, 5) is 12.3. The number of carbonyl (C=O) groups is 1. The molecule has 3 rings (SSSR count). The number of aromatic amines is 1. The molecule has 26 heavy (non-hydrogen) atoms. The summed E-state index contributed by atoms with van der Waals surface area (Å²) in [5.74, 6) is -0.224. The minimum atomic E-state index is -0.402. The van der Waals surface area contributed by atoms with Gasteiger partial charge >= 0.3 is 0 Å². The highest BCUT2D eigenvalue weighted by molar-refractivity contribution is 6.33. The third kappa shape index (κ3) is 3.92. The summed E-state index contributed by atoms with van der Waals surface area (Å²) in [7, 11) is 0. The number of aromatic hydroxyl groups is 1. The number of phenolic OH excluding ortho intramolecular Hbond substituents is 1. The lowest BCUT2D eigenvalue weighted by Gasteiger charge is -2.04. The third-order valence-corrected chi connectivity index (χ3v) is 4.13. The van der Waals surface area contributed by atoms with Gasteiger partial charge in [-0.2, -0.15) is 10.2 Å². The predicted molar refractivity (Wildman–Crippen MR) is 101 cm³/mol. The Bertz CT molecular complexity index is 948. The lowest BCUT2D eigenvalue weighted by Crippen LogP contribution is -2.20. The van der Waals surface area contributed by atoms with Crippen LogP contribution in [0.5, 0.6) is 5.75 Å². The van der Waals surface area contributed by atoms with Crippen LogP contribution in [0, 0.1) is 0 Å². The molecular formula is C19H17ClN4O2. The van der Waals surface area contributed by atoms with Crippen molar-refractivity contribution in [2.75, 3.05) is 0 Å². The number of amides is 1. The summed E-state index contributed by atoms with van der Waals surface area (Å²) in [6, 6.07) is 15.5. The molecule has 1 aromatic heterocycles. The maximum absolute atomic E-state index is 12.3. The summed E-state index contributed by atoms with van der Waals surface area (Å²) in [5.41, 5.74) is 5.66. The second-order valence-electron chi connectivity index (χ2n) is 5.55. The fourth-order valence-electron chi connectivity index (χ4n) is 2.42. The number of nitrogens with zero attached hydrogens (tertiary/aromatic N) is 2. The fraction of sp³-hybridized carbons (Fsp3) is 0.105. The molecule has 2 aromatic carbocycles. The van der Waals surface area contributed by atoms with Crippen LogP contribution in [0.4, 0.5) is 0 Å². The zero-order chi connectivity index (χ0) is 18.5. The predicted octanol–water partition coefficient (Wildman–Crippen LogP) is 3.98. The highest BCUT2D eigenvalue weighted by Gasteiger charge is 2.12. The number of hydrogen-bond donors (Lipinski definition) is 3. The maximum Gasteiger partial charge on any atom is 0.289 e. The van der Waals surface area contributed by atoms with Crippen molar-refractivity contribution in [2.24, 2.45) is 5.10 Å². The first-order valence-electron chi connectivity index (χ1n) is 8.05. The van der Waals surface area contributed by atoms with E-state index in [2.05, 4.69) is 20.7 Å². The van der Waals surface area contributed by atoms with Crippen LogP contribution in [-0.2, 0) is 0 Å². The molecule has 0 spiro atoms. The highest BCUT2D eigenvalue weighted by atomic mass is 35.5. The van der Waals surface area contributed by atoms with Crippen molar-refractivity contribution in [3.8, 4) is 17.0 Å². The van der Waals surface area contributed by atoms with Crippen molar-refractivity contribution in [3.05, 3.63) is 70.9 Å². The van der Waals surface area contributed by atoms with Gasteiger partial charge in [0.2, 0.25) is 0 Å². The Kier molecular flexibility index (Phi) is 5.34. The SMILES string of the molecule is CC/C(=N\NC(=O)c1cc(-c2ccccc2Cl)n[nH]1)c1ccc(O)cc1. The molecule has 0 unspecified atom stereocenters. The average Bonchev–Trinajstić information content (AvgIpc) is 3.14. The van der Waals surface area contributed by atoms with Crippen molar-refractivity contribution >= 4 is 23.2 Å². The van der Waals surface area contributed by atoms with E-state index >= 15 is 0 Å². The highest BCUT2D eigenvalue weighted by Crippen LogP contribution is 2.26. The van der Waals surface area contributed by atoms with Crippen LogP contribution in [0.15, 0.2) is 59.7 Å². The molecule has 0 fully saturated rings. The van der Waals surface area contributed by atoms with Gasteiger partial charge in [-0.05, 0) is 48.4 Å². The normalized spacial score (nSPS) is 11.4. The average molecular weight is 369 g/mol. The number of carbonyl (C=O) groups excluding carboxylic acids is 1. The summed E-state index contributed by atoms with van der Waals surface area (Å²) < 4.78 is 0. The molecule has 1 heterocycles. The molecule has 7 heteroatoms. The van der Waals surface area contributed by atoms with Gasteiger partial charge in [-0.1, -0.05) is 36.7 Å². The molecule has 0 saturated carbocycles. The quantitative estimate of drug-likeness (QED) is 0.470. The second-order valence-corrected chi connectivity index (χ2v) is 5.95. The van der Waals surface area contributed by atoms with Crippen molar-refractivity contribution in [3.63, 3.8) is 0 Å². The van der Waals surface area contributed by atoms with E-state index in [0.29, 0.717) is 22.8 Å². The number of hydrazone groups is 1. The van der Waals surface area contributed by atoms with Gasteiger partial charge in [0.25, 0.3) is 5.91 Å². The summed E-state index contributed by atoms with van der Waals surface area (Å²) in [5, 5.41) is 20.9. The summed E-state index contributed by atoms with van der Waals surface area (Å²) >= 11 is 6.15. The monoisotopic (exact) mass is 368 g/mol. The van der Waals surface area contributed by atoms with Crippen molar-refractivity contribution in [1.82, 2.24) is 15.6 Å². The van der Waals surface area contributed by atoms with Crippen LogP contribution in [0.1, 0.15) is 29.4 Å². The van der Waals surface area contributed by atoms with Gasteiger partial charge in [0.1, 0.15) is 11.4 Å². The van der Waals surface area contributed by atoms with E-state index in [-0.39, 0.29) is 11.4 Å². The molecule has 0 bridgehead atoms. The molecular weight excluding hydrogens is 352 g/mol. The smallest absolute Gasteiger partial charge is 0.289 e. The van der Waals surface area contributed by atoms with Gasteiger partial charge in [-0.25, -0.2) is 5.43 Å². The molecule has 6 nitrogen and oxygen atoms in total. The number of halogens is 1. The number of H-pyrrole nitrogens is 1. The number of aromatic nitrogens is 2. The Hall–Kier alpha value is -3.12. The maximum atomic E-state index is 12.3. The van der Waals surface area contributed by atoms with Gasteiger partial charge < -0.3 is 5.11 Å². The molecule has 0 radical (unpaired) electrons. The van der Waals surface area contributed by atoms with E-state index in [1.54, 1.807) is 36.4 Å². The molecule has 3 aromatic rings. The van der Waals surface area contributed by atoms with Crippen molar-refractivity contribution in [2.45, 2.75) is 13.3 Å². The van der Waals surface area contributed by atoms with Crippen molar-refractivity contribution in [1.29, 1.82) is 0 Å². The lowest BCUT2D eigenvalue weighted by atomic mass is 10.1. The Morgan fingerprint density at radius 2 is 1.96 bits per heavy atom. The minimum Gasteiger partial charge on any atom is -0.508 e. The van der Waals surface area contributed by atoms with Crippen LogP contribution < -0.4 is 5.43 Å². The van der Waals surface area contributed by atoms with Crippen LogP contribution in [0.25, 0.3) is 11.3 Å². The first-order valence-corrected chi connectivity index (χ1v) is 8.43. The minimum absolute atomic E-state index is 0.179. The van der Waals surface area contributed by atoms with E-state index < -0.39 is 5.91 Å². The largest absolute Gasteiger partial charge is 0.508 e. The molecule has 0 aliphatic heterocycles. The van der Waals surface area contributed by atoms with Crippen LogP contribution >= 0.6 is 11.6 Å². The first-order chi connectivity index (χ1) is 12.6. The Labute approximate surface area is 155 Å². The van der Waals surface area contributed by atoms with Crippen LogP contribution in [0.2, 0.25) is 5.02 Å². The van der Waals surface area contributed by atoms with Gasteiger partial charge in [0, 0.05) is 5.56 Å². The zero-order valence-corrected chi connectivity index (χ0v) is 14.8. The van der Waals surface area contributed by atoms with Crippen LogP contribution in [-0.4, -0.2) is 26.9 Å². The fourth-order valence-corrected chi connectivity index (χ4v) is 2.66. The Morgan fingerprint density at radius 1 is 1.23 bits per heavy atom. The molecule has 1 amide bonds. The number of hydrogen-bond acceptors (Lipinski definition) is 4. The van der Waals surface area contributed by atoms with Gasteiger partial charge in [-0.3, -0.25) is 9.89 Å². The molecule has 132 valence electrons. The molecule has 0 atom stereocenters. The van der Waals surface area contributed by atoms with Crippen LogP contribution in [0.3, 0.4) is 0 Å². The molecule has 0 aliphatic rings. The van der Waals surface area contributed by atoms with Gasteiger partial charge in [-0.15, -0.1) is 0 Å². The van der Waals surface area contributed by atoms with E-state index in [4.69, 9.17) is 11.6 Å². The number of rotatable bonds is 5. The topological polar surface area (TPSA) is 90.4 Å². The third-order valence-electron chi connectivity index (χ3n) is 3.80. The summed E-state index contributed by atoms with van der Waals surface area (Å²) in [6.07, 6.45) is 0.624. The van der Waals surface area contributed by atoms with Gasteiger partial charge in [0.15, 0.2) is 0 Å². The standard InChI is InChI=1S/C19H17ClN4O2/c1-2-16(12-7-9-13(25)10-8-12)21-24-19(26)18-11-17(22-23-18)14-5-3-4-6-15(14)20/h3-11,25H,2H2,1H3,(H,22,23)(H,24,26)/b21-16+. The molecule has 3 N–H and O–H groups in total. The number of benzene rings is 2. The van der Waals surface area contributed by atoms with E-state index in [0.717, 1.165) is 11.1 Å². The Morgan fingerprint density at radius 3 is 2.65 bits per heavy atom. The first kappa shape index (κ1) is 17.7. The number of nitrogens with one attached hydrogen (secondary N) is 2. The van der Waals surface area contributed by atoms with E-state index in [1.807, 2.05) is 25.1 Å². The van der Waals surface area contributed by atoms with Crippen molar-refractivity contribution < 1.29 is 9.90 Å². The van der Waals surface area contributed by atoms with E-state index in [9.17, 15) is 9.90 Å². The second kappa shape index (κ2) is 7.84. The molecule has 0 aliphatic carbocycles. The zero-order valence-electron chi connectivity index (χ0n) is 14.0.